The van der Waals surface area contributed by atoms with E-state index in [-0.39, 0.29) is 0 Å². The molecule has 0 aliphatic heterocycles. The van der Waals surface area contributed by atoms with E-state index in [0.717, 1.165) is 36.0 Å². The first-order valence-electron chi connectivity index (χ1n) is 5.46. The summed E-state index contributed by atoms with van der Waals surface area (Å²) in [6, 6.07) is 2.16. The molecule has 0 bridgehead atoms. The zero-order valence-electron chi connectivity index (χ0n) is 9.26. The molecule has 1 aromatic carbocycles. The Morgan fingerprint density at radius 1 is 1.27 bits per heavy atom. The van der Waals surface area contributed by atoms with E-state index in [1.165, 1.54) is 12.0 Å². The number of hydrogen-bond acceptors (Lipinski definition) is 1. The number of aryl methyl sites for hydroxylation is 2. The van der Waals surface area contributed by atoms with E-state index in [4.69, 9.17) is 0 Å². The van der Waals surface area contributed by atoms with Crippen molar-refractivity contribution in [1.82, 2.24) is 0 Å². The first-order chi connectivity index (χ1) is 7.11. The van der Waals surface area contributed by atoms with Crippen molar-refractivity contribution in [3.63, 3.8) is 0 Å². The van der Waals surface area contributed by atoms with Crippen molar-refractivity contribution in [1.29, 1.82) is 0 Å². The Morgan fingerprint density at radius 3 is 2.60 bits per heavy atom. The minimum absolute atomic E-state index is 0.560. The quantitative estimate of drug-likeness (QED) is 0.763. The molecule has 0 fully saturated rings. The molecule has 1 aromatic rings. The van der Waals surface area contributed by atoms with E-state index >= 15 is 0 Å². The zero-order valence-corrected chi connectivity index (χ0v) is 9.26. The lowest BCUT2D eigenvalue weighted by Crippen LogP contribution is -2.13. The third-order valence-electron chi connectivity index (χ3n) is 3.38. The highest BCUT2D eigenvalue weighted by Gasteiger charge is 2.20. The molecular weight excluding hydrogens is 188 g/mol. The maximum absolute atomic E-state index is 11.2. The molecule has 80 valence electrons. The molecule has 0 saturated carbocycles. The average molecular weight is 204 g/mol. The average Bonchev–Trinajstić information content (AvgIpc) is 2.19. The van der Waals surface area contributed by atoms with Crippen molar-refractivity contribution in [2.75, 3.05) is 0 Å². The van der Waals surface area contributed by atoms with Gasteiger partial charge in [0.25, 0.3) is 0 Å². The first kappa shape index (κ1) is 10.2. The van der Waals surface area contributed by atoms with Crippen molar-refractivity contribution in [2.24, 2.45) is 0 Å². The van der Waals surface area contributed by atoms with Gasteiger partial charge < -0.3 is 5.11 Å². The van der Waals surface area contributed by atoms with E-state index in [0.29, 0.717) is 5.56 Å². The van der Waals surface area contributed by atoms with Gasteiger partial charge >= 0.3 is 5.97 Å². The molecule has 1 N–H and O–H groups in total. The van der Waals surface area contributed by atoms with Crippen LogP contribution in [0.15, 0.2) is 6.07 Å². The number of carboxylic acids is 1. The van der Waals surface area contributed by atoms with Crippen LogP contribution < -0.4 is 0 Å². The van der Waals surface area contributed by atoms with E-state index in [1.54, 1.807) is 0 Å². The lowest BCUT2D eigenvalue weighted by Gasteiger charge is -2.20. The Morgan fingerprint density at radius 2 is 1.93 bits per heavy atom. The summed E-state index contributed by atoms with van der Waals surface area (Å²) in [6.45, 7) is 3.91. The Kier molecular flexibility index (Phi) is 2.51. The number of rotatable bonds is 1. The number of hydrogen-bond donors (Lipinski definition) is 1. The standard InChI is InChI=1S/C13H16O2/c1-8-7-10-5-3-4-6-11(10)12(9(8)2)13(14)15/h7H,3-6H2,1-2H3,(H,14,15). The fraction of sp³-hybridized carbons (Fsp3) is 0.462. The molecule has 0 spiro atoms. The summed E-state index contributed by atoms with van der Waals surface area (Å²) in [5.41, 5.74) is 4.93. The van der Waals surface area contributed by atoms with E-state index < -0.39 is 5.97 Å². The van der Waals surface area contributed by atoms with Crippen LogP contribution >= 0.6 is 0 Å². The van der Waals surface area contributed by atoms with Crippen molar-refractivity contribution < 1.29 is 9.90 Å². The maximum atomic E-state index is 11.2. The van der Waals surface area contributed by atoms with Crippen molar-refractivity contribution >= 4 is 5.97 Å². The molecule has 0 radical (unpaired) electrons. The maximum Gasteiger partial charge on any atom is 0.336 e. The fourth-order valence-corrected chi connectivity index (χ4v) is 2.46. The minimum Gasteiger partial charge on any atom is -0.478 e. The van der Waals surface area contributed by atoms with Crippen LogP contribution in [0.1, 0.15) is 45.5 Å². The number of benzene rings is 1. The summed E-state index contributed by atoms with van der Waals surface area (Å²) in [6.07, 6.45) is 4.28. The fourth-order valence-electron chi connectivity index (χ4n) is 2.46. The summed E-state index contributed by atoms with van der Waals surface area (Å²) in [5, 5.41) is 9.25. The van der Waals surface area contributed by atoms with Crippen molar-refractivity contribution in [3.8, 4) is 0 Å². The van der Waals surface area contributed by atoms with Crippen molar-refractivity contribution in [2.45, 2.75) is 39.5 Å². The van der Waals surface area contributed by atoms with Crippen LogP contribution in [0.2, 0.25) is 0 Å². The summed E-state index contributed by atoms with van der Waals surface area (Å²) in [7, 11) is 0. The van der Waals surface area contributed by atoms with Gasteiger partial charge in [0.05, 0.1) is 5.56 Å². The van der Waals surface area contributed by atoms with Crippen LogP contribution in [0.5, 0.6) is 0 Å². The second-order valence-corrected chi connectivity index (χ2v) is 4.34. The molecule has 0 saturated heterocycles. The second-order valence-electron chi connectivity index (χ2n) is 4.34. The van der Waals surface area contributed by atoms with Gasteiger partial charge in [-0.05, 0) is 61.8 Å². The predicted octanol–water partition coefficient (Wildman–Crippen LogP) is 2.88. The van der Waals surface area contributed by atoms with E-state index in [2.05, 4.69) is 6.07 Å². The molecule has 0 unspecified atom stereocenters. The van der Waals surface area contributed by atoms with E-state index in [9.17, 15) is 9.90 Å². The van der Waals surface area contributed by atoms with Gasteiger partial charge in [-0.3, -0.25) is 0 Å². The van der Waals surface area contributed by atoms with Gasteiger partial charge in [0.2, 0.25) is 0 Å². The lowest BCUT2D eigenvalue weighted by atomic mass is 9.84. The molecule has 1 aliphatic carbocycles. The number of carbonyl (C=O) groups is 1. The minimum atomic E-state index is -0.769. The second kappa shape index (κ2) is 3.69. The highest BCUT2D eigenvalue weighted by atomic mass is 16.4. The highest BCUT2D eigenvalue weighted by molar-refractivity contribution is 5.92. The zero-order chi connectivity index (χ0) is 11.0. The normalized spacial score (nSPS) is 14.8. The first-order valence-corrected chi connectivity index (χ1v) is 5.46. The van der Waals surface area contributed by atoms with Gasteiger partial charge in [0.1, 0.15) is 0 Å². The molecule has 2 rings (SSSR count). The monoisotopic (exact) mass is 204 g/mol. The van der Waals surface area contributed by atoms with Crippen LogP contribution in [0, 0.1) is 13.8 Å². The third kappa shape index (κ3) is 1.65. The van der Waals surface area contributed by atoms with Crippen LogP contribution in [0.25, 0.3) is 0 Å². The van der Waals surface area contributed by atoms with Crippen LogP contribution in [-0.4, -0.2) is 11.1 Å². The number of carboxylic acid groups (broad SMARTS) is 1. The van der Waals surface area contributed by atoms with E-state index in [1.807, 2.05) is 13.8 Å². The molecule has 0 aromatic heterocycles. The molecule has 0 atom stereocenters. The van der Waals surface area contributed by atoms with Crippen LogP contribution in [0.3, 0.4) is 0 Å². The number of aromatic carboxylic acids is 1. The molecule has 2 nitrogen and oxygen atoms in total. The Hall–Kier alpha value is -1.31. The Labute approximate surface area is 89.9 Å². The van der Waals surface area contributed by atoms with Gasteiger partial charge in [-0.2, -0.15) is 0 Å². The van der Waals surface area contributed by atoms with Gasteiger partial charge in [0, 0.05) is 0 Å². The summed E-state index contributed by atoms with van der Waals surface area (Å²) < 4.78 is 0. The van der Waals surface area contributed by atoms with Crippen LogP contribution in [0.4, 0.5) is 0 Å². The van der Waals surface area contributed by atoms with Gasteiger partial charge in [-0.1, -0.05) is 6.07 Å². The predicted molar refractivity (Wildman–Crippen MR) is 59.5 cm³/mol. The lowest BCUT2D eigenvalue weighted by molar-refractivity contribution is 0.0694. The largest absolute Gasteiger partial charge is 0.478 e. The Bertz CT molecular complexity index is 419. The summed E-state index contributed by atoms with van der Waals surface area (Å²) in [5.74, 6) is -0.769. The van der Waals surface area contributed by atoms with Gasteiger partial charge in [0.15, 0.2) is 0 Å². The number of fused-ring (bicyclic) bond motifs is 1. The molecule has 0 heterocycles. The molecule has 15 heavy (non-hydrogen) atoms. The topological polar surface area (TPSA) is 37.3 Å². The van der Waals surface area contributed by atoms with Crippen molar-refractivity contribution in [3.05, 3.63) is 33.9 Å². The van der Waals surface area contributed by atoms with Gasteiger partial charge in [-0.25, -0.2) is 4.79 Å². The SMILES string of the molecule is Cc1cc2c(c(C(=O)O)c1C)CCCC2. The van der Waals surface area contributed by atoms with Crippen LogP contribution in [-0.2, 0) is 12.8 Å². The molecule has 0 amide bonds. The highest BCUT2D eigenvalue weighted by Crippen LogP contribution is 2.29. The summed E-state index contributed by atoms with van der Waals surface area (Å²) >= 11 is 0. The molecular formula is C13H16O2. The Balaban J connectivity index is 2.68. The summed E-state index contributed by atoms with van der Waals surface area (Å²) in [4.78, 5) is 11.2. The van der Waals surface area contributed by atoms with Gasteiger partial charge in [-0.15, -0.1) is 0 Å². The molecule has 2 heteroatoms. The molecule has 1 aliphatic rings. The smallest absolute Gasteiger partial charge is 0.336 e. The third-order valence-corrected chi connectivity index (χ3v) is 3.38.